The fraction of sp³-hybridized carbons (Fsp3) is 0.438. The lowest BCUT2D eigenvalue weighted by molar-refractivity contribution is 0.407. The third-order valence-electron chi connectivity index (χ3n) is 4.48. The van der Waals surface area contributed by atoms with Gasteiger partial charge in [0.05, 0.1) is 19.0 Å². The van der Waals surface area contributed by atoms with Gasteiger partial charge in [-0.05, 0) is 43.9 Å². The van der Waals surface area contributed by atoms with Gasteiger partial charge in [-0.15, -0.1) is 0 Å². The van der Waals surface area contributed by atoms with Crippen LogP contribution in [-0.4, -0.2) is 42.6 Å². The number of ether oxygens (including phenoxy) is 1. The van der Waals surface area contributed by atoms with E-state index in [2.05, 4.69) is 10.2 Å². The average molecular weight is 335 g/mol. The lowest BCUT2D eigenvalue weighted by Gasteiger charge is -2.20. The normalized spacial score (nSPS) is 22.4. The van der Waals surface area contributed by atoms with E-state index in [0.717, 1.165) is 17.7 Å². The van der Waals surface area contributed by atoms with Crippen LogP contribution < -0.4 is 4.74 Å². The zero-order valence-electron chi connectivity index (χ0n) is 13.5. The number of hydrogen-bond donors (Lipinski definition) is 1. The smallest absolute Gasteiger partial charge is 0.246 e. The second-order valence-corrected chi connectivity index (χ2v) is 7.85. The predicted molar refractivity (Wildman–Crippen MR) is 87.0 cm³/mol. The first-order valence-electron chi connectivity index (χ1n) is 7.59. The molecule has 0 saturated carbocycles. The molecular weight excluding hydrogens is 314 g/mol. The van der Waals surface area contributed by atoms with Crippen molar-refractivity contribution in [2.45, 2.75) is 37.1 Å². The van der Waals surface area contributed by atoms with E-state index in [4.69, 9.17) is 4.74 Å². The van der Waals surface area contributed by atoms with Gasteiger partial charge >= 0.3 is 0 Å². The number of benzene rings is 1. The highest BCUT2D eigenvalue weighted by atomic mass is 32.2. The first-order valence-corrected chi connectivity index (χ1v) is 9.03. The SMILES string of the molecule is COc1ccc(C2CC(C)N(S(=O)(=O)c3cn[nH]c3C)C2)cc1. The molecule has 1 N–H and O–H groups in total. The Balaban J connectivity index is 1.85. The largest absolute Gasteiger partial charge is 0.497 e. The summed E-state index contributed by atoms with van der Waals surface area (Å²) < 4.78 is 32.5. The van der Waals surface area contributed by atoms with Crippen LogP contribution in [0.15, 0.2) is 35.4 Å². The molecule has 7 heteroatoms. The quantitative estimate of drug-likeness (QED) is 0.930. The van der Waals surface area contributed by atoms with Crippen LogP contribution in [-0.2, 0) is 10.0 Å². The van der Waals surface area contributed by atoms with Crippen molar-refractivity contribution in [2.75, 3.05) is 13.7 Å². The Morgan fingerprint density at radius 1 is 1.30 bits per heavy atom. The molecule has 0 bridgehead atoms. The number of hydrogen-bond acceptors (Lipinski definition) is 4. The maximum atomic E-state index is 12.9. The fourth-order valence-electron chi connectivity index (χ4n) is 3.18. The minimum absolute atomic E-state index is 0.0404. The summed E-state index contributed by atoms with van der Waals surface area (Å²) in [6.45, 7) is 4.17. The summed E-state index contributed by atoms with van der Waals surface area (Å²) in [6.07, 6.45) is 2.19. The standard InChI is InChI=1S/C16H21N3O3S/c1-11-8-14(13-4-6-15(22-3)7-5-13)10-19(11)23(20,21)16-9-17-18-12(16)2/h4-7,9,11,14H,8,10H2,1-3H3,(H,17,18). The number of H-pyrrole nitrogens is 1. The summed E-state index contributed by atoms with van der Waals surface area (Å²) in [7, 11) is -1.88. The van der Waals surface area contributed by atoms with E-state index in [9.17, 15) is 8.42 Å². The van der Waals surface area contributed by atoms with Crippen molar-refractivity contribution in [2.24, 2.45) is 0 Å². The van der Waals surface area contributed by atoms with Crippen molar-refractivity contribution >= 4 is 10.0 Å². The Hall–Kier alpha value is -1.86. The first-order chi connectivity index (χ1) is 10.9. The summed E-state index contributed by atoms with van der Waals surface area (Å²) >= 11 is 0. The minimum Gasteiger partial charge on any atom is -0.497 e. The molecule has 1 aromatic heterocycles. The molecule has 0 radical (unpaired) electrons. The van der Waals surface area contributed by atoms with Gasteiger partial charge in [0.2, 0.25) is 10.0 Å². The number of aromatic amines is 1. The van der Waals surface area contributed by atoms with E-state index in [1.807, 2.05) is 31.2 Å². The molecule has 2 atom stereocenters. The maximum Gasteiger partial charge on any atom is 0.246 e. The van der Waals surface area contributed by atoms with Gasteiger partial charge in [-0.1, -0.05) is 12.1 Å². The summed E-state index contributed by atoms with van der Waals surface area (Å²) in [5.74, 6) is 0.996. The molecule has 1 aliphatic rings. The highest BCUT2D eigenvalue weighted by molar-refractivity contribution is 7.89. The molecule has 6 nitrogen and oxygen atoms in total. The molecule has 0 amide bonds. The van der Waals surface area contributed by atoms with Crippen LogP contribution in [0.2, 0.25) is 0 Å². The monoisotopic (exact) mass is 335 g/mol. The molecule has 1 aliphatic heterocycles. The molecule has 0 spiro atoms. The second kappa shape index (κ2) is 5.98. The Labute approximate surface area is 136 Å². The van der Waals surface area contributed by atoms with E-state index in [1.165, 1.54) is 6.20 Å². The maximum absolute atomic E-state index is 12.9. The molecule has 23 heavy (non-hydrogen) atoms. The summed E-state index contributed by atoms with van der Waals surface area (Å²) in [5.41, 5.74) is 1.71. The third-order valence-corrected chi connectivity index (χ3v) is 6.57. The predicted octanol–water partition coefficient (Wildman–Crippen LogP) is 2.29. The number of sulfonamides is 1. The van der Waals surface area contributed by atoms with Gasteiger partial charge in [-0.3, -0.25) is 5.10 Å². The van der Waals surface area contributed by atoms with Crippen LogP contribution >= 0.6 is 0 Å². The van der Waals surface area contributed by atoms with Crippen molar-refractivity contribution in [3.63, 3.8) is 0 Å². The summed E-state index contributed by atoms with van der Waals surface area (Å²) in [5, 5.41) is 6.53. The van der Waals surface area contributed by atoms with Crippen molar-refractivity contribution in [1.82, 2.24) is 14.5 Å². The fourth-order valence-corrected chi connectivity index (χ4v) is 4.99. The van der Waals surface area contributed by atoms with E-state index >= 15 is 0 Å². The molecule has 2 heterocycles. The van der Waals surface area contributed by atoms with Crippen molar-refractivity contribution < 1.29 is 13.2 Å². The molecule has 124 valence electrons. The zero-order chi connectivity index (χ0) is 16.6. The highest BCUT2D eigenvalue weighted by Gasteiger charge is 2.39. The molecule has 0 aliphatic carbocycles. The Bertz CT molecular complexity index is 783. The molecule has 1 saturated heterocycles. The average Bonchev–Trinajstić information content (AvgIpc) is 3.14. The van der Waals surface area contributed by atoms with Gasteiger partial charge in [-0.25, -0.2) is 8.42 Å². The second-order valence-electron chi connectivity index (χ2n) is 5.99. The van der Waals surface area contributed by atoms with Gasteiger partial charge < -0.3 is 4.74 Å². The molecular formula is C16H21N3O3S. The van der Waals surface area contributed by atoms with Gasteiger partial charge in [0.15, 0.2) is 0 Å². The first kappa shape index (κ1) is 16.0. The minimum atomic E-state index is -3.51. The topological polar surface area (TPSA) is 75.3 Å². The molecule has 1 fully saturated rings. The van der Waals surface area contributed by atoms with Crippen molar-refractivity contribution in [3.05, 3.63) is 41.7 Å². The van der Waals surface area contributed by atoms with E-state index in [1.54, 1.807) is 18.3 Å². The van der Waals surface area contributed by atoms with E-state index < -0.39 is 10.0 Å². The van der Waals surface area contributed by atoms with Gasteiger partial charge in [0, 0.05) is 12.6 Å². The zero-order valence-corrected chi connectivity index (χ0v) is 14.3. The lowest BCUT2D eigenvalue weighted by Crippen LogP contribution is -2.34. The van der Waals surface area contributed by atoms with Crippen LogP contribution in [0.1, 0.15) is 30.5 Å². The summed E-state index contributed by atoms with van der Waals surface area (Å²) in [6, 6.07) is 7.81. The highest BCUT2D eigenvalue weighted by Crippen LogP contribution is 2.36. The van der Waals surface area contributed by atoms with E-state index in [0.29, 0.717) is 12.2 Å². The lowest BCUT2D eigenvalue weighted by atomic mass is 9.97. The van der Waals surface area contributed by atoms with Crippen LogP contribution in [0.5, 0.6) is 5.75 Å². The third kappa shape index (κ3) is 2.86. The number of nitrogens with zero attached hydrogens (tertiary/aromatic N) is 2. The Morgan fingerprint density at radius 3 is 2.57 bits per heavy atom. The number of methoxy groups -OCH3 is 1. The number of rotatable bonds is 4. The van der Waals surface area contributed by atoms with Crippen molar-refractivity contribution in [1.29, 1.82) is 0 Å². The number of aromatic nitrogens is 2. The van der Waals surface area contributed by atoms with Crippen LogP contribution in [0.25, 0.3) is 0 Å². The van der Waals surface area contributed by atoms with Gasteiger partial charge in [0.25, 0.3) is 0 Å². The van der Waals surface area contributed by atoms with Crippen LogP contribution in [0, 0.1) is 6.92 Å². The number of nitrogens with one attached hydrogen (secondary N) is 1. The van der Waals surface area contributed by atoms with Crippen molar-refractivity contribution in [3.8, 4) is 5.75 Å². The Kier molecular flexibility index (Phi) is 4.16. The Morgan fingerprint density at radius 2 is 2.00 bits per heavy atom. The summed E-state index contributed by atoms with van der Waals surface area (Å²) in [4.78, 5) is 0.264. The molecule has 2 unspecified atom stereocenters. The van der Waals surface area contributed by atoms with Gasteiger partial charge in [-0.2, -0.15) is 9.40 Å². The molecule has 3 rings (SSSR count). The van der Waals surface area contributed by atoms with Crippen LogP contribution in [0.4, 0.5) is 0 Å². The molecule has 2 aromatic rings. The van der Waals surface area contributed by atoms with E-state index in [-0.39, 0.29) is 16.9 Å². The molecule has 1 aromatic carbocycles. The van der Waals surface area contributed by atoms with Gasteiger partial charge in [0.1, 0.15) is 10.6 Å². The number of aryl methyl sites for hydroxylation is 1. The van der Waals surface area contributed by atoms with Crippen LogP contribution in [0.3, 0.4) is 0 Å².